The summed E-state index contributed by atoms with van der Waals surface area (Å²) < 4.78 is 9.56. The zero-order valence-electron chi connectivity index (χ0n) is 12.7. The van der Waals surface area contributed by atoms with E-state index < -0.39 is 0 Å². The number of aromatic nitrogens is 4. The molecule has 0 bridgehead atoms. The lowest BCUT2D eigenvalue weighted by Gasteiger charge is -2.19. The molecule has 23 heavy (non-hydrogen) atoms. The van der Waals surface area contributed by atoms with Crippen molar-refractivity contribution in [2.75, 3.05) is 6.61 Å². The molecule has 0 aromatic carbocycles. The molecule has 7 heteroatoms. The topological polar surface area (TPSA) is 73.5 Å². The summed E-state index contributed by atoms with van der Waals surface area (Å²) >= 11 is 0. The van der Waals surface area contributed by atoms with Gasteiger partial charge in [0.05, 0.1) is 24.1 Å². The summed E-state index contributed by atoms with van der Waals surface area (Å²) in [6.07, 6.45) is 9.45. The fourth-order valence-electron chi connectivity index (χ4n) is 2.96. The second-order valence-corrected chi connectivity index (χ2v) is 5.70. The molecule has 2 atom stereocenters. The van der Waals surface area contributed by atoms with Crippen LogP contribution in [-0.4, -0.2) is 37.5 Å². The first-order valence-electron chi connectivity index (χ1n) is 7.54. The number of ether oxygens (including phenoxy) is 1. The molecule has 1 N–H and O–H groups in total. The van der Waals surface area contributed by atoms with Gasteiger partial charge in [0.25, 0.3) is 5.91 Å². The Morgan fingerprint density at radius 3 is 3.17 bits per heavy atom. The van der Waals surface area contributed by atoms with Crippen LogP contribution in [0.3, 0.4) is 0 Å². The lowest BCUT2D eigenvalue weighted by molar-refractivity contribution is 0.0779. The van der Waals surface area contributed by atoms with E-state index in [1.165, 1.54) is 0 Å². The van der Waals surface area contributed by atoms with Crippen LogP contribution < -0.4 is 5.32 Å². The molecule has 1 fully saturated rings. The van der Waals surface area contributed by atoms with Crippen molar-refractivity contribution >= 4 is 11.4 Å². The monoisotopic (exact) mass is 311 g/mol. The maximum Gasteiger partial charge on any atom is 0.251 e. The number of hydrogen-bond donors (Lipinski definition) is 1. The van der Waals surface area contributed by atoms with Crippen LogP contribution in [0.5, 0.6) is 0 Å². The SMILES string of the molecule is Cn1ccnc1[C@H]1OCC[C@@H]1NC(=O)c1ccn2cncc2c1. The van der Waals surface area contributed by atoms with E-state index in [4.69, 9.17) is 4.74 Å². The molecular formula is C16H17N5O2. The van der Waals surface area contributed by atoms with Crippen molar-refractivity contribution in [2.24, 2.45) is 7.05 Å². The molecule has 1 aliphatic heterocycles. The van der Waals surface area contributed by atoms with Crippen LogP contribution in [0.1, 0.15) is 28.7 Å². The van der Waals surface area contributed by atoms with E-state index >= 15 is 0 Å². The lowest BCUT2D eigenvalue weighted by atomic mass is 10.1. The Hall–Kier alpha value is -2.67. The molecule has 7 nitrogen and oxygen atoms in total. The van der Waals surface area contributed by atoms with Gasteiger partial charge in [-0.3, -0.25) is 4.79 Å². The van der Waals surface area contributed by atoms with Crippen molar-refractivity contribution in [3.8, 4) is 0 Å². The fraction of sp³-hybridized carbons (Fsp3) is 0.312. The number of amides is 1. The summed E-state index contributed by atoms with van der Waals surface area (Å²) in [6, 6.07) is 3.54. The van der Waals surface area contributed by atoms with E-state index in [1.807, 2.05) is 34.5 Å². The molecule has 1 amide bonds. The van der Waals surface area contributed by atoms with Crippen LogP contribution >= 0.6 is 0 Å². The number of hydrogen-bond acceptors (Lipinski definition) is 4. The Labute approximate surface area is 132 Å². The highest BCUT2D eigenvalue weighted by Crippen LogP contribution is 2.28. The van der Waals surface area contributed by atoms with Crippen molar-refractivity contribution in [2.45, 2.75) is 18.6 Å². The number of carbonyl (C=O) groups is 1. The van der Waals surface area contributed by atoms with Gasteiger partial charge < -0.3 is 19.0 Å². The highest BCUT2D eigenvalue weighted by Gasteiger charge is 2.33. The van der Waals surface area contributed by atoms with Gasteiger partial charge in [-0.25, -0.2) is 9.97 Å². The van der Waals surface area contributed by atoms with Gasteiger partial charge >= 0.3 is 0 Å². The van der Waals surface area contributed by atoms with Gasteiger partial charge in [0, 0.05) is 37.8 Å². The first-order chi connectivity index (χ1) is 11.2. The minimum absolute atomic E-state index is 0.0789. The summed E-state index contributed by atoms with van der Waals surface area (Å²) in [4.78, 5) is 20.9. The second-order valence-electron chi connectivity index (χ2n) is 5.70. The standard InChI is InChI=1S/C16H17N5O2/c1-20-6-4-18-15(20)14-13(3-7-23-14)19-16(22)11-2-5-21-10-17-9-12(21)8-11/h2,4-6,8-10,13-14H,3,7H2,1H3,(H,19,22)/t13-,14-/m0/s1. The highest BCUT2D eigenvalue weighted by molar-refractivity contribution is 5.95. The second kappa shape index (κ2) is 5.51. The van der Waals surface area contributed by atoms with Crippen molar-refractivity contribution in [1.82, 2.24) is 24.3 Å². The summed E-state index contributed by atoms with van der Waals surface area (Å²) in [5.41, 5.74) is 1.50. The molecule has 3 aromatic rings. The first kappa shape index (κ1) is 14.0. The third kappa shape index (κ3) is 2.49. The van der Waals surface area contributed by atoms with E-state index in [0.29, 0.717) is 12.2 Å². The largest absolute Gasteiger partial charge is 0.368 e. The van der Waals surface area contributed by atoms with Gasteiger partial charge in [-0.1, -0.05) is 0 Å². The predicted octanol–water partition coefficient (Wildman–Crippen LogP) is 1.33. The van der Waals surface area contributed by atoms with Gasteiger partial charge in [0.1, 0.15) is 11.9 Å². The third-order valence-corrected chi connectivity index (χ3v) is 4.20. The molecule has 1 saturated heterocycles. The fourth-order valence-corrected chi connectivity index (χ4v) is 2.96. The van der Waals surface area contributed by atoms with Crippen molar-refractivity contribution in [3.05, 3.63) is 54.6 Å². The Morgan fingerprint density at radius 2 is 2.35 bits per heavy atom. The molecular weight excluding hydrogens is 294 g/mol. The van der Waals surface area contributed by atoms with E-state index in [1.54, 1.807) is 24.8 Å². The van der Waals surface area contributed by atoms with Gasteiger partial charge in [-0.15, -0.1) is 0 Å². The summed E-state index contributed by atoms with van der Waals surface area (Å²) in [5.74, 6) is 0.724. The van der Waals surface area contributed by atoms with Crippen LogP contribution in [-0.2, 0) is 11.8 Å². The number of aryl methyl sites for hydroxylation is 1. The van der Waals surface area contributed by atoms with Gasteiger partial charge in [-0.2, -0.15) is 0 Å². The molecule has 0 unspecified atom stereocenters. The number of carbonyl (C=O) groups excluding carboxylic acids is 1. The van der Waals surface area contributed by atoms with Crippen LogP contribution in [0.2, 0.25) is 0 Å². The molecule has 0 aliphatic carbocycles. The molecule has 118 valence electrons. The molecule has 1 aliphatic rings. The molecule has 4 heterocycles. The molecule has 4 rings (SSSR count). The maximum atomic E-state index is 12.5. The van der Waals surface area contributed by atoms with Gasteiger partial charge in [0.2, 0.25) is 0 Å². The minimum atomic E-state index is -0.211. The Morgan fingerprint density at radius 1 is 1.43 bits per heavy atom. The zero-order valence-corrected chi connectivity index (χ0v) is 12.7. The molecule has 3 aromatic heterocycles. The van der Waals surface area contributed by atoms with Crippen molar-refractivity contribution in [3.63, 3.8) is 0 Å². The van der Waals surface area contributed by atoms with Crippen molar-refractivity contribution in [1.29, 1.82) is 0 Å². The van der Waals surface area contributed by atoms with Crippen LogP contribution in [0.25, 0.3) is 5.52 Å². The Balaban J connectivity index is 1.54. The van der Waals surface area contributed by atoms with E-state index in [0.717, 1.165) is 17.8 Å². The summed E-state index contributed by atoms with van der Waals surface area (Å²) in [7, 11) is 1.93. The number of rotatable bonds is 3. The predicted molar refractivity (Wildman–Crippen MR) is 83.0 cm³/mol. The van der Waals surface area contributed by atoms with Crippen LogP contribution in [0, 0.1) is 0 Å². The highest BCUT2D eigenvalue weighted by atomic mass is 16.5. The minimum Gasteiger partial charge on any atom is -0.368 e. The number of fused-ring (bicyclic) bond motifs is 1. The molecule has 0 radical (unpaired) electrons. The average Bonchev–Trinajstić information content (AvgIpc) is 3.26. The first-order valence-corrected chi connectivity index (χ1v) is 7.54. The average molecular weight is 311 g/mol. The maximum absolute atomic E-state index is 12.5. The number of nitrogens with one attached hydrogen (secondary N) is 1. The zero-order chi connectivity index (χ0) is 15.8. The van der Waals surface area contributed by atoms with Gasteiger partial charge in [0.15, 0.2) is 0 Å². The quantitative estimate of drug-likeness (QED) is 0.792. The van der Waals surface area contributed by atoms with Crippen LogP contribution in [0.4, 0.5) is 0 Å². The third-order valence-electron chi connectivity index (χ3n) is 4.20. The van der Waals surface area contributed by atoms with E-state index in [-0.39, 0.29) is 18.1 Å². The number of pyridine rings is 1. The normalized spacial score (nSPS) is 20.9. The summed E-state index contributed by atoms with van der Waals surface area (Å²) in [5, 5.41) is 3.07. The number of imidazole rings is 2. The molecule has 0 spiro atoms. The Bertz CT molecular complexity index is 853. The lowest BCUT2D eigenvalue weighted by Crippen LogP contribution is -2.37. The van der Waals surface area contributed by atoms with E-state index in [9.17, 15) is 4.79 Å². The molecule has 0 saturated carbocycles. The van der Waals surface area contributed by atoms with Crippen molar-refractivity contribution < 1.29 is 9.53 Å². The summed E-state index contributed by atoms with van der Waals surface area (Å²) in [6.45, 7) is 0.615. The van der Waals surface area contributed by atoms with E-state index in [2.05, 4.69) is 15.3 Å². The smallest absolute Gasteiger partial charge is 0.251 e. The van der Waals surface area contributed by atoms with Crippen LogP contribution in [0.15, 0.2) is 43.2 Å². The van der Waals surface area contributed by atoms with Gasteiger partial charge in [-0.05, 0) is 18.6 Å². The Kier molecular flexibility index (Phi) is 3.34. The number of nitrogens with zero attached hydrogens (tertiary/aromatic N) is 4.